The van der Waals surface area contributed by atoms with Crippen molar-refractivity contribution in [3.63, 3.8) is 0 Å². The van der Waals surface area contributed by atoms with Gasteiger partial charge in [0, 0.05) is 9.75 Å². The zero-order valence-electron chi connectivity index (χ0n) is 27.9. The minimum Gasteiger partial charge on any atom is -0.341 e. The maximum absolute atomic E-state index is 12.9. The van der Waals surface area contributed by atoms with Crippen LogP contribution in [0.5, 0.6) is 0 Å². The molecule has 4 heterocycles. The average molecular weight is 677 g/mol. The third-order valence-electron chi connectivity index (χ3n) is 8.34. The highest BCUT2D eigenvalue weighted by molar-refractivity contribution is 7.14. The van der Waals surface area contributed by atoms with Crippen molar-refractivity contribution in [3.8, 4) is 33.6 Å². The Kier molecular flexibility index (Phi) is 9.75. The van der Waals surface area contributed by atoms with E-state index in [4.69, 9.17) is 0 Å². The van der Waals surface area contributed by atoms with Gasteiger partial charge in [-0.05, 0) is 72.2 Å². The first-order valence-electron chi connectivity index (χ1n) is 16.1. The third-order valence-corrected chi connectivity index (χ3v) is 10.3. The highest BCUT2D eigenvalue weighted by Crippen LogP contribution is 2.30. The SMILES string of the molecule is Cc1ccc(C(=O)N[C@H](c2ncc(-c3ccc(-c4ccc(-c5cnc([C@@H](NC(=O)c6ccc(C)s6)C(C)C)[nH]5)cc4)cc3)[nH]2)C(C)C)s1. The second kappa shape index (κ2) is 14.1. The third kappa shape index (κ3) is 7.35. The normalized spacial score (nSPS) is 12.8. The summed E-state index contributed by atoms with van der Waals surface area (Å²) in [5.74, 6) is 1.63. The van der Waals surface area contributed by atoms with Gasteiger partial charge < -0.3 is 20.6 Å². The first kappa shape index (κ1) is 33.1. The van der Waals surface area contributed by atoms with E-state index in [-0.39, 0.29) is 35.7 Å². The van der Waals surface area contributed by atoms with Gasteiger partial charge in [0.05, 0.1) is 45.6 Å². The van der Waals surface area contributed by atoms with E-state index in [0.717, 1.165) is 55.0 Å². The molecule has 0 fully saturated rings. The quantitative estimate of drug-likeness (QED) is 0.110. The number of nitrogens with one attached hydrogen (secondary N) is 4. The van der Waals surface area contributed by atoms with Crippen LogP contribution in [0.15, 0.2) is 85.2 Å². The van der Waals surface area contributed by atoms with Gasteiger partial charge in [0.25, 0.3) is 11.8 Å². The number of rotatable bonds is 11. The average Bonchev–Trinajstić information content (AvgIpc) is 3.90. The number of aromatic nitrogens is 4. The lowest BCUT2D eigenvalue weighted by molar-refractivity contribution is 0.0919. The lowest BCUT2D eigenvalue weighted by Crippen LogP contribution is -2.32. The molecule has 6 rings (SSSR count). The largest absolute Gasteiger partial charge is 0.341 e. The number of thiophene rings is 2. The molecule has 246 valence electrons. The monoisotopic (exact) mass is 676 g/mol. The predicted octanol–water partition coefficient (Wildman–Crippen LogP) is 9.13. The Labute approximate surface area is 289 Å². The number of carbonyl (C=O) groups is 2. The molecule has 0 saturated heterocycles. The van der Waals surface area contributed by atoms with E-state index in [1.54, 1.807) is 0 Å². The van der Waals surface area contributed by atoms with Crippen LogP contribution in [-0.2, 0) is 0 Å². The standard InChI is InChI=1S/C38H40N6O2S2/c1-21(2)33(43-37(45)31-17-7-23(5)47-31)35-39-19-29(41-35)27-13-9-25(10-14-27)26-11-15-28(16-12-26)30-20-40-36(42-30)34(22(3)4)44-38(46)32-18-8-24(6)48-32/h7-22,33-34H,1-6H3,(H,39,41)(H,40,42)(H,43,45)(H,44,46)/t33-,34-/m0/s1. The molecule has 2 amide bonds. The molecule has 4 N–H and O–H groups in total. The molecule has 6 aromatic rings. The number of amides is 2. The van der Waals surface area contributed by atoms with Crippen molar-refractivity contribution in [1.29, 1.82) is 0 Å². The molecular weight excluding hydrogens is 637 g/mol. The van der Waals surface area contributed by atoms with E-state index < -0.39 is 0 Å². The van der Waals surface area contributed by atoms with Gasteiger partial charge in [0.2, 0.25) is 0 Å². The van der Waals surface area contributed by atoms with Crippen molar-refractivity contribution in [3.05, 3.63) is 116 Å². The van der Waals surface area contributed by atoms with E-state index in [0.29, 0.717) is 9.75 Å². The topological polar surface area (TPSA) is 116 Å². The second-order valence-corrected chi connectivity index (χ2v) is 15.3. The molecule has 2 aromatic carbocycles. The van der Waals surface area contributed by atoms with Gasteiger partial charge >= 0.3 is 0 Å². The highest BCUT2D eigenvalue weighted by atomic mass is 32.1. The van der Waals surface area contributed by atoms with Crippen molar-refractivity contribution in [2.75, 3.05) is 0 Å². The Hall–Kier alpha value is -4.80. The molecule has 0 unspecified atom stereocenters. The summed E-state index contributed by atoms with van der Waals surface area (Å²) in [6, 6.07) is 23.9. The maximum atomic E-state index is 12.9. The molecule has 0 radical (unpaired) electrons. The number of imidazole rings is 2. The van der Waals surface area contributed by atoms with E-state index in [9.17, 15) is 9.59 Å². The van der Waals surface area contributed by atoms with Crippen LogP contribution >= 0.6 is 22.7 Å². The maximum Gasteiger partial charge on any atom is 0.261 e. The Morgan fingerprint density at radius 1 is 0.562 bits per heavy atom. The molecule has 0 aliphatic heterocycles. The molecule has 0 aliphatic rings. The minimum atomic E-state index is -0.233. The Balaban J connectivity index is 1.12. The number of H-pyrrole nitrogens is 2. The molecule has 0 bridgehead atoms. The molecule has 0 spiro atoms. The van der Waals surface area contributed by atoms with Gasteiger partial charge in [-0.15, -0.1) is 22.7 Å². The van der Waals surface area contributed by atoms with Crippen LogP contribution in [0.25, 0.3) is 33.6 Å². The van der Waals surface area contributed by atoms with E-state index in [1.807, 2.05) is 50.5 Å². The summed E-state index contributed by atoms with van der Waals surface area (Å²) in [4.78, 5) is 45.5. The molecule has 10 heteroatoms. The van der Waals surface area contributed by atoms with Gasteiger partial charge in [-0.2, -0.15) is 0 Å². The number of benzene rings is 2. The second-order valence-electron chi connectivity index (χ2n) is 12.7. The number of hydrogen-bond acceptors (Lipinski definition) is 6. The van der Waals surface area contributed by atoms with E-state index in [2.05, 4.69) is 107 Å². The van der Waals surface area contributed by atoms with Crippen molar-refractivity contribution in [1.82, 2.24) is 30.6 Å². The van der Waals surface area contributed by atoms with Gasteiger partial charge in [-0.25, -0.2) is 9.97 Å². The molecule has 0 aliphatic carbocycles. The minimum absolute atomic E-state index is 0.0822. The molecular formula is C38H40N6O2S2. The van der Waals surface area contributed by atoms with Gasteiger partial charge in [-0.3, -0.25) is 9.59 Å². The summed E-state index contributed by atoms with van der Waals surface area (Å²) in [6.07, 6.45) is 3.65. The number of aryl methyl sites for hydroxylation is 2. The van der Waals surface area contributed by atoms with Crippen LogP contribution in [0.4, 0.5) is 0 Å². The zero-order valence-corrected chi connectivity index (χ0v) is 29.6. The summed E-state index contributed by atoms with van der Waals surface area (Å²) in [7, 11) is 0. The summed E-state index contributed by atoms with van der Waals surface area (Å²) in [5.41, 5.74) is 6.02. The smallest absolute Gasteiger partial charge is 0.261 e. The lowest BCUT2D eigenvalue weighted by Gasteiger charge is -2.20. The fraction of sp³-hybridized carbons (Fsp3) is 0.263. The molecule has 0 saturated carbocycles. The van der Waals surface area contributed by atoms with Crippen LogP contribution in [-0.4, -0.2) is 31.8 Å². The van der Waals surface area contributed by atoms with E-state index in [1.165, 1.54) is 22.7 Å². The van der Waals surface area contributed by atoms with Gasteiger partial charge in [0.15, 0.2) is 0 Å². The van der Waals surface area contributed by atoms with Crippen LogP contribution < -0.4 is 10.6 Å². The first-order chi connectivity index (χ1) is 23.0. The van der Waals surface area contributed by atoms with Gasteiger partial charge in [0.1, 0.15) is 11.6 Å². The number of aromatic amines is 2. The van der Waals surface area contributed by atoms with Crippen LogP contribution in [0.3, 0.4) is 0 Å². The number of hydrogen-bond donors (Lipinski definition) is 4. The summed E-state index contributed by atoms with van der Waals surface area (Å²) < 4.78 is 0. The fourth-order valence-corrected chi connectivity index (χ4v) is 7.15. The Morgan fingerprint density at radius 3 is 1.23 bits per heavy atom. The van der Waals surface area contributed by atoms with Crippen LogP contribution in [0.1, 0.15) is 80.5 Å². The molecule has 2 atom stereocenters. The highest BCUT2D eigenvalue weighted by Gasteiger charge is 2.24. The summed E-state index contributed by atoms with van der Waals surface area (Å²) in [5, 5.41) is 6.31. The summed E-state index contributed by atoms with van der Waals surface area (Å²) in [6.45, 7) is 12.3. The Bertz CT molecular complexity index is 1870. The predicted molar refractivity (Wildman–Crippen MR) is 195 cm³/mol. The molecule has 8 nitrogen and oxygen atoms in total. The zero-order chi connectivity index (χ0) is 33.9. The van der Waals surface area contributed by atoms with Crippen molar-refractivity contribution in [2.45, 2.75) is 53.6 Å². The first-order valence-corrected chi connectivity index (χ1v) is 17.7. The van der Waals surface area contributed by atoms with Crippen molar-refractivity contribution in [2.24, 2.45) is 11.8 Å². The van der Waals surface area contributed by atoms with Gasteiger partial charge in [-0.1, -0.05) is 76.2 Å². The van der Waals surface area contributed by atoms with Crippen molar-refractivity contribution < 1.29 is 9.59 Å². The lowest BCUT2D eigenvalue weighted by atomic mass is 10.0. The van der Waals surface area contributed by atoms with Crippen molar-refractivity contribution >= 4 is 34.5 Å². The number of nitrogens with zero attached hydrogens (tertiary/aromatic N) is 2. The van der Waals surface area contributed by atoms with Crippen LogP contribution in [0, 0.1) is 25.7 Å². The molecule has 4 aromatic heterocycles. The van der Waals surface area contributed by atoms with E-state index >= 15 is 0 Å². The fourth-order valence-electron chi connectivity index (χ4n) is 5.61. The van der Waals surface area contributed by atoms with Crippen LogP contribution in [0.2, 0.25) is 0 Å². The number of carbonyl (C=O) groups excluding carboxylic acids is 2. The Morgan fingerprint density at radius 2 is 0.917 bits per heavy atom. The molecule has 48 heavy (non-hydrogen) atoms. The summed E-state index contributed by atoms with van der Waals surface area (Å²) >= 11 is 2.98.